The maximum absolute atomic E-state index is 13.0. The first kappa shape index (κ1) is 18.6. The fourth-order valence-electron chi connectivity index (χ4n) is 5.25. The van der Waals surface area contributed by atoms with Crippen LogP contribution in [0.15, 0.2) is 55.0 Å². The van der Waals surface area contributed by atoms with Crippen molar-refractivity contribution in [2.24, 2.45) is 11.8 Å². The van der Waals surface area contributed by atoms with E-state index in [0.717, 1.165) is 36.8 Å². The third kappa shape index (κ3) is 3.11. The predicted molar refractivity (Wildman–Crippen MR) is 119 cm³/mol. The van der Waals surface area contributed by atoms with Gasteiger partial charge < -0.3 is 10.2 Å². The monoisotopic (exact) mass is 432 g/mol. The lowest BCUT2D eigenvalue weighted by molar-refractivity contribution is 0.0903. The maximum Gasteiger partial charge on any atom is 0.271 e. The molecule has 31 heavy (non-hydrogen) atoms. The third-order valence-electron chi connectivity index (χ3n) is 6.66. The van der Waals surface area contributed by atoms with Crippen LogP contribution in [0, 0.1) is 11.8 Å². The first-order valence-corrected chi connectivity index (χ1v) is 10.9. The highest BCUT2D eigenvalue weighted by atomic mass is 35.5. The Balaban J connectivity index is 1.24. The molecule has 2 fully saturated rings. The lowest BCUT2D eigenvalue weighted by atomic mass is 9.91. The minimum Gasteiger partial charge on any atom is -0.370 e. The van der Waals surface area contributed by atoms with Crippen LogP contribution in [0.5, 0.6) is 0 Å². The van der Waals surface area contributed by atoms with Crippen molar-refractivity contribution in [2.45, 2.75) is 18.9 Å². The fourth-order valence-corrected chi connectivity index (χ4v) is 5.41. The Morgan fingerprint density at radius 2 is 1.90 bits per heavy atom. The van der Waals surface area contributed by atoms with E-state index in [-0.39, 0.29) is 11.9 Å². The van der Waals surface area contributed by atoms with Crippen molar-refractivity contribution < 1.29 is 4.79 Å². The number of hydrogen-bond donors (Lipinski definition) is 1. The average molecular weight is 433 g/mol. The number of carbonyl (C=O) groups is 1. The number of hydrogen-bond acceptors (Lipinski definition) is 5. The number of pyridine rings is 1. The molecule has 3 atom stereocenters. The number of nitrogens with one attached hydrogen (secondary N) is 1. The van der Waals surface area contributed by atoms with Gasteiger partial charge in [-0.15, -0.1) is 0 Å². The molecule has 156 valence electrons. The number of nitrogens with zero attached hydrogens (tertiary/aromatic N) is 5. The van der Waals surface area contributed by atoms with Gasteiger partial charge in [0.25, 0.3) is 5.91 Å². The van der Waals surface area contributed by atoms with Gasteiger partial charge in [0.2, 0.25) is 0 Å². The molecule has 6 rings (SSSR count). The van der Waals surface area contributed by atoms with Crippen LogP contribution in [-0.4, -0.2) is 44.6 Å². The second kappa shape index (κ2) is 7.20. The quantitative estimate of drug-likeness (QED) is 0.535. The number of fused-ring (bicyclic) bond motifs is 4. The van der Waals surface area contributed by atoms with Crippen LogP contribution in [0.4, 0.5) is 5.69 Å². The molecule has 2 aliphatic rings. The molecular weight excluding hydrogens is 412 g/mol. The number of halogens is 1. The number of piperidine rings is 1. The molecule has 8 heteroatoms. The average Bonchev–Trinajstić information content (AvgIpc) is 3.30. The second-order valence-corrected chi connectivity index (χ2v) is 8.87. The number of anilines is 1. The molecule has 1 saturated carbocycles. The summed E-state index contributed by atoms with van der Waals surface area (Å²) >= 11 is 6.15. The minimum atomic E-state index is -0.106. The first-order chi connectivity index (χ1) is 15.2. The minimum absolute atomic E-state index is 0.106. The highest BCUT2D eigenvalue weighted by Gasteiger charge is 2.43. The van der Waals surface area contributed by atoms with Gasteiger partial charge in [-0.3, -0.25) is 9.78 Å². The molecule has 7 nitrogen and oxygen atoms in total. The van der Waals surface area contributed by atoms with E-state index >= 15 is 0 Å². The highest BCUT2D eigenvalue weighted by molar-refractivity contribution is 6.31. The van der Waals surface area contributed by atoms with E-state index in [4.69, 9.17) is 11.6 Å². The van der Waals surface area contributed by atoms with Crippen LogP contribution >= 0.6 is 11.6 Å². The number of amides is 1. The third-order valence-corrected chi connectivity index (χ3v) is 6.90. The summed E-state index contributed by atoms with van der Waals surface area (Å²) in [5, 5.41) is 9.37. The Bertz CT molecular complexity index is 1290. The molecule has 1 aromatic carbocycles. The van der Waals surface area contributed by atoms with E-state index in [2.05, 4.69) is 31.3 Å². The lowest BCUT2D eigenvalue weighted by Crippen LogP contribution is -2.52. The summed E-state index contributed by atoms with van der Waals surface area (Å²) in [4.78, 5) is 24.2. The molecule has 2 bridgehead atoms. The lowest BCUT2D eigenvalue weighted by Gasteiger charge is -2.40. The highest BCUT2D eigenvalue weighted by Crippen LogP contribution is 2.40. The van der Waals surface area contributed by atoms with Crippen LogP contribution in [0.25, 0.3) is 16.6 Å². The smallest absolute Gasteiger partial charge is 0.271 e. The molecule has 1 aliphatic carbocycles. The van der Waals surface area contributed by atoms with Crippen LogP contribution in [0.2, 0.25) is 5.02 Å². The van der Waals surface area contributed by atoms with E-state index in [9.17, 15) is 4.79 Å². The van der Waals surface area contributed by atoms with Crippen LogP contribution < -0.4 is 10.2 Å². The Hall–Kier alpha value is -3.19. The largest absolute Gasteiger partial charge is 0.370 e. The summed E-state index contributed by atoms with van der Waals surface area (Å²) in [6.07, 6.45) is 7.35. The molecule has 1 saturated heterocycles. The number of aromatic nitrogens is 4. The summed E-state index contributed by atoms with van der Waals surface area (Å²) in [5.74, 6) is 0.710. The Labute approximate surface area is 184 Å². The van der Waals surface area contributed by atoms with Gasteiger partial charge in [0, 0.05) is 47.6 Å². The number of rotatable bonds is 3. The Morgan fingerprint density at radius 1 is 1.06 bits per heavy atom. The number of carbonyl (C=O) groups excluding carboxylic acids is 1. The van der Waals surface area contributed by atoms with Crippen LogP contribution in [0.1, 0.15) is 23.3 Å². The van der Waals surface area contributed by atoms with Gasteiger partial charge in [0.15, 0.2) is 5.65 Å². The first-order valence-electron chi connectivity index (χ1n) is 10.6. The van der Waals surface area contributed by atoms with E-state index in [1.807, 2.05) is 36.5 Å². The zero-order valence-corrected chi connectivity index (χ0v) is 17.5. The normalized spacial score (nSPS) is 22.9. The van der Waals surface area contributed by atoms with Crippen molar-refractivity contribution in [3.8, 4) is 0 Å². The maximum atomic E-state index is 13.0. The molecule has 1 unspecified atom stereocenters. The molecule has 0 radical (unpaired) electrons. The molecule has 4 heterocycles. The zero-order chi connectivity index (χ0) is 20.9. The van der Waals surface area contributed by atoms with E-state index in [1.165, 1.54) is 5.69 Å². The molecule has 3 aromatic heterocycles. The standard InChI is InChI=1S/C23H21ClN6O/c24-16-5-6-17-18(10-16)25-9-7-19(17)29-12-14-3-4-15(13-29)22(14)28-23(31)20-11-26-21-2-1-8-27-30(20)21/h1-2,5-11,14-15,22H,3-4,12-13H2,(H,28,31)/t14-,15+,22?. The van der Waals surface area contributed by atoms with Gasteiger partial charge in [-0.2, -0.15) is 5.10 Å². The summed E-state index contributed by atoms with van der Waals surface area (Å²) in [7, 11) is 0. The van der Waals surface area contributed by atoms with Crippen molar-refractivity contribution in [3.63, 3.8) is 0 Å². The van der Waals surface area contributed by atoms with Crippen LogP contribution in [-0.2, 0) is 0 Å². The summed E-state index contributed by atoms with van der Waals surface area (Å²) < 4.78 is 1.60. The van der Waals surface area contributed by atoms with Crippen molar-refractivity contribution in [1.82, 2.24) is 24.9 Å². The molecule has 1 N–H and O–H groups in total. The van der Waals surface area contributed by atoms with Crippen molar-refractivity contribution >= 4 is 39.7 Å². The molecule has 0 spiro atoms. The van der Waals surface area contributed by atoms with Gasteiger partial charge >= 0.3 is 0 Å². The van der Waals surface area contributed by atoms with Gasteiger partial charge in [0.05, 0.1) is 11.7 Å². The molecule has 4 aromatic rings. The van der Waals surface area contributed by atoms with E-state index in [1.54, 1.807) is 16.9 Å². The summed E-state index contributed by atoms with van der Waals surface area (Å²) in [5.41, 5.74) is 3.26. The van der Waals surface area contributed by atoms with E-state index < -0.39 is 0 Å². The SMILES string of the molecule is O=C(NC1[C@@H]2CC[C@H]1CN(c1ccnc3cc(Cl)ccc13)C2)c1cnc2cccnn12. The molecule has 1 amide bonds. The van der Waals surface area contributed by atoms with Gasteiger partial charge in [-0.1, -0.05) is 11.6 Å². The van der Waals surface area contributed by atoms with Crippen LogP contribution in [0.3, 0.4) is 0 Å². The summed E-state index contributed by atoms with van der Waals surface area (Å²) in [6, 6.07) is 11.8. The summed E-state index contributed by atoms with van der Waals surface area (Å²) in [6.45, 7) is 1.82. The predicted octanol–water partition coefficient (Wildman–Crippen LogP) is 3.58. The molecule has 1 aliphatic heterocycles. The van der Waals surface area contributed by atoms with Crippen molar-refractivity contribution in [3.05, 3.63) is 65.7 Å². The fraction of sp³-hybridized carbons (Fsp3) is 0.304. The van der Waals surface area contributed by atoms with Gasteiger partial charge in [-0.05, 0) is 61.1 Å². The number of benzene rings is 1. The Morgan fingerprint density at radius 3 is 2.74 bits per heavy atom. The topological polar surface area (TPSA) is 75.4 Å². The van der Waals surface area contributed by atoms with Crippen molar-refractivity contribution in [2.75, 3.05) is 18.0 Å². The van der Waals surface area contributed by atoms with Gasteiger partial charge in [0.1, 0.15) is 5.69 Å². The zero-order valence-electron chi connectivity index (χ0n) is 16.8. The van der Waals surface area contributed by atoms with Crippen molar-refractivity contribution in [1.29, 1.82) is 0 Å². The Kier molecular flexibility index (Phi) is 4.31. The second-order valence-electron chi connectivity index (χ2n) is 8.43. The number of imidazole rings is 1. The van der Waals surface area contributed by atoms with Gasteiger partial charge in [-0.25, -0.2) is 9.50 Å². The van der Waals surface area contributed by atoms with E-state index in [0.29, 0.717) is 28.2 Å². The molecular formula is C23H21ClN6O.